The lowest BCUT2D eigenvalue weighted by atomic mass is 10.0. The normalized spacial score (nSPS) is 10.7. The molecule has 2 aromatic carbocycles. The maximum atomic E-state index is 13.3. The second-order valence-corrected chi connectivity index (χ2v) is 3.99. The van der Waals surface area contributed by atoms with Gasteiger partial charge in [-0.1, -0.05) is 30.3 Å². The van der Waals surface area contributed by atoms with Crippen molar-refractivity contribution in [2.45, 2.75) is 0 Å². The molecule has 0 fully saturated rings. The first-order chi connectivity index (χ1) is 8.74. The molecule has 0 aliphatic heterocycles. The number of halogens is 1. The highest BCUT2D eigenvalue weighted by Crippen LogP contribution is 2.27. The fourth-order valence-corrected chi connectivity index (χ4v) is 1.99. The Morgan fingerprint density at radius 3 is 2.50 bits per heavy atom. The fraction of sp³-hybridized carbons (Fsp3) is 0. The fourth-order valence-electron chi connectivity index (χ4n) is 1.99. The third kappa shape index (κ3) is 1.80. The summed E-state index contributed by atoms with van der Waals surface area (Å²) >= 11 is 0. The Bertz CT molecular complexity index is 760. The maximum Gasteiger partial charge on any atom is 0.336 e. The van der Waals surface area contributed by atoms with E-state index >= 15 is 0 Å². The molecule has 0 radical (unpaired) electrons. The van der Waals surface area contributed by atoms with Crippen LogP contribution < -0.4 is 5.63 Å². The summed E-state index contributed by atoms with van der Waals surface area (Å²) in [5.41, 5.74) is 1.50. The first-order valence-electron chi connectivity index (χ1n) is 5.53. The van der Waals surface area contributed by atoms with Gasteiger partial charge >= 0.3 is 5.63 Å². The third-order valence-corrected chi connectivity index (χ3v) is 2.79. The maximum absolute atomic E-state index is 13.3. The van der Waals surface area contributed by atoms with E-state index in [9.17, 15) is 9.18 Å². The van der Waals surface area contributed by atoms with E-state index in [2.05, 4.69) is 0 Å². The molecular formula is C15H9FO2. The highest BCUT2D eigenvalue weighted by Gasteiger charge is 2.08. The second kappa shape index (κ2) is 4.11. The van der Waals surface area contributed by atoms with Gasteiger partial charge in [-0.2, -0.15) is 0 Å². The largest absolute Gasteiger partial charge is 0.423 e. The Kier molecular flexibility index (Phi) is 2.45. The molecule has 1 heterocycles. The lowest BCUT2D eigenvalue weighted by Crippen LogP contribution is -1.98. The van der Waals surface area contributed by atoms with Crippen LogP contribution in [0.5, 0.6) is 0 Å². The van der Waals surface area contributed by atoms with Gasteiger partial charge in [0.2, 0.25) is 0 Å². The van der Waals surface area contributed by atoms with E-state index in [0.717, 1.165) is 5.56 Å². The molecule has 0 aliphatic carbocycles. The first-order valence-corrected chi connectivity index (χ1v) is 5.53. The van der Waals surface area contributed by atoms with Crippen LogP contribution in [0, 0.1) is 5.82 Å². The standard InChI is InChI=1S/C15H9FO2/c16-11-6-7-14-13(8-11)12(9-15(17)18-14)10-4-2-1-3-5-10/h1-9H. The monoisotopic (exact) mass is 240 g/mol. The van der Waals surface area contributed by atoms with Gasteiger partial charge in [0, 0.05) is 11.5 Å². The summed E-state index contributed by atoms with van der Waals surface area (Å²) in [6.45, 7) is 0. The highest BCUT2D eigenvalue weighted by atomic mass is 19.1. The molecule has 0 bridgehead atoms. The topological polar surface area (TPSA) is 30.2 Å². The third-order valence-electron chi connectivity index (χ3n) is 2.79. The number of rotatable bonds is 1. The Morgan fingerprint density at radius 2 is 1.72 bits per heavy atom. The highest BCUT2D eigenvalue weighted by molar-refractivity contribution is 5.93. The number of benzene rings is 2. The number of fused-ring (bicyclic) bond motifs is 1. The van der Waals surface area contributed by atoms with E-state index in [1.165, 1.54) is 24.3 Å². The molecule has 88 valence electrons. The van der Waals surface area contributed by atoms with Crippen molar-refractivity contribution in [1.82, 2.24) is 0 Å². The lowest BCUT2D eigenvalue weighted by Gasteiger charge is -2.05. The quantitative estimate of drug-likeness (QED) is 0.608. The van der Waals surface area contributed by atoms with Crippen molar-refractivity contribution in [3.05, 3.63) is 70.8 Å². The smallest absolute Gasteiger partial charge is 0.336 e. The van der Waals surface area contributed by atoms with E-state index in [-0.39, 0.29) is 5.82 Å². The molecule has 0 saturated carbocycles. The van der Waals surface area contributed by atoms with Gasteiger partial charge in [-0.15, -0.1) is 0 Å². The van der Waals surface area contributed by atoms with Crippen molar-refractivity contribution in [2.75, 3.05) is 0 Å². The molecule has 3 rings (SSSR count). The van der Waals surface area contributed by atoms with Crippen LogP contribution in [0.15, 0.2) is 63.8 Å². The summed E-state index contributed by atoms with van der Waals surface area (Å²) in [6, 6.07) is 14.9. The average Bonchev–Trinajstić information content (AvgIpc) is 2.39. The average molecular weight is 240 g/mol. The van der Waals surface area contributed by atoms with E-state index in [1.807, 2.05) is 30.3 Å². The van der Waals surface area contributed by atoms with Crippen LogP contribution in [0.1, 0.15) is 0 Å². The van der Waals surface area contributed by atoms with Crippen molar-refractivity contribution in [3.8, 4) is 11.1 Å². The molecule has 0 saturated heterocycles. The minimum Gasteiger partial charge on any atom is -0.423 e. The summed E-state index contributed by atoms with van der Waals surface area (Å²) in [7, 11) is 0. The van der Waals surface area contributed by atoms with Crippen molar-refractivity contribution < 1.29 is 8.81 Å². The molecule has 18 heavy (non-hydrogen) atoms. The van der Waals surface area contributed by atoms with E-state index in [4.69, 9.17) is 4.42 Å². The van der Waals surface area contributed by atoms with Gasteiger partial charge in [-0.3, -0.25) is 0 Å². The number of hydrogen-bond acceptors (Lipinski definition) is 2. The van der Waals surface area contributed by atoms with Gasteiger partial charge in [-0.25, -0.2) is 9.18 Å². The van der Waals surface area contributed by atoms with Crippen molar-refractivity contribution in [2.24, 2.45) is 0 Å². The molecule has 0 amide bonds. The van der Waals surface area contributed by atoms with Crippen LogP contribution in [-0.4, -0.2) is 0 Å². The van der Waals surface area contributed by atoms with E-state index < -0.39 is 5.63 Å². The Morgan fingerprint density at radius 1 is 0.944 bits per heavy atom. The zero-order chi connectivity index (χ0) is 12.5. The van der Waals surface area contributed by atoms with Gasteiger partial charge in [0.1, 0.15) is 11.4 Å². The summed E-state index contributed by atoms with van der Waals surface area (Å²) in [6.07, 6.45) is 0. The molecule has 1 aromatic heterocycles. The van der Waals surface area contributed by atoms with Crippen LogP contribution >= 0.6 is 0 Å². The summed E-state index contributed by atoms with van der Waals surface area (Å²) in [4.78, 5) is 11.5. The van der Waals surface area contributed by atoms with Gasteiger partial charge < -0.3 is 4.42 Å². The van der Waals surface area contributed by atoms with Crippen LogP contribution in [0.4, 0.5) is 4.39 Å². The van der Waals surface area contributed by atoms with Crippen LogP contribution in [0.25, 0.3) is 22.1 Å². The summed E-state index contributed by atoms with van der Waals surface area (Å²) in [5, 5.41) is 0.598. The van der Waals surface area contributed by atoms with Gasteiger partial charge in [0.05, 0.1) is 0 Å². The predicted octanol–water partition coefficient (Wildman–Crippen LogP) is 3.60. The van der Waals surface area contributed by atoms with Gasteiger partial charge in [-0.05, 0) is 29.3 Å². The predicted molar refractivity (Wildman–Crippen MR) is 67.9 cm³/mol. The van der Waals surface area contributed by atoms with E-state index in [0.29, 0.717) is 16.5 Å². The van der Waals surface area contributed by atoms with Crippen molar-refractivity contribution in [3.63, 3.8) is 0 Å². The molecule has 0 atom stereocenters. The Labute approximate surface area is 102 Å². The first kappa shape index (κ1) is 10.7. The van der Waals surface area contributed by atoms with Crippen LogP contribution in [0.2, 0.25) is 0 Å². The molecular weight excluding hydrogens is 231 g/mol. The SMILES string of the molecule is O=c1cc(-c2ccccc2)c2cc(F)ccc2o1. The molecule has 0 aliphatic rings. The van der Waals surface area contributed by atoms with Crippen LogP contribution in [0.3, 0.4) is 0 Å². The second-order valence-electron chi connectivity index (χ2n) is 3.99. The van der Waals surface area contributed by atoms with Crippen molar-refractivity contribution >= 4 is 11.0 Å². The minimum atomic E-state index is -0.437. The Hall–Kier alpha value is -2.42. The van der Waals surface area contributed by atoms with Gasteiger partial charge in [0.15, 0.2) is 0 Å². The molecule has 3 heteroatoms. The molecule has 0 spiro atoms. The minimum absolute atomic E-state index is 0.353. The van der Waals surface area contributed by atoms with Crippen LogP contribution in [-0.2, 0) is 0 Å². The van der Waals surface area contributed by atoms with Crippen molar-refractivity contribution in [1.29, 1.82) is 0 Å². The van der Waals surface area contributed by atoms with Gasteiger partial charge in [0.25, 0.3) is 0 Å². The molecule has 0 N–H and O–H groups in total. The molecule has 0 unspecified atom stereocenters. The summed E-state index contributed by atoms with van der Waals surface area (Å²) < 4.78 is 18.4. The zero-order valence-corrected chi connectivity index (χ0v) is 9.39. The van der Waals surface area contributed by atoms with E-state index in [1.54, 1.807) is 0 Å². The number of hydrogen-bond donors (Lipinski definition) is 0. The summed E-state index contributed by atoms with van der Waals surface area (Å²) in [5.74, 6) is -0.353. The Balaban J connectivity index is 2.41. The zero-order valence-electron chi connectivity index (χ0n) is 9.39. The lowest BCUT2D eigenvalue weighted by molar-refractivity contribution is 0.559. The molecule has 3 aromatic rings. The molecule has 2 nitrogen and oxygen atoms in total.